The minimum absolute atomic E-state index is 0.578. The van der Waals surface area contributed by atoms with Gasteiger partial charge in [0.25, 0.3) is 0 Å². The lowest BCUT2D eigenvalue weighted by Gasteiger charge is -1.94. The maximum absolute atomic E-state index is 5.77. The third-order valence-corrected chi connectivity index (χ3v) is 2.98. The molecule has 1 aliphatic rings. The van der Waals surface area contributed by atoms with Gasteiger partial charge in [-0.05, 0) is 19.8 Å². The average Bonchev–Trinajstić information content (AvgIpc) is 2.87. The average molecular weight is 195 g/mol. The predicted molar refractivity (Wildman–Crippen MR) is 54.9 cm³/mol. The molecule has 2 N–H and O–H groups in total. The number of thiazole rings is 1. The Bertz CT molecular complexity index is 325. The molecule has 0 atom stereocenters. The molecule has 4 heteroatoms. The maximum Gasteiger partial charge on any atom is 0.0972 e. The van der Waals surface area contributed by atoms with Crippen LogP contribution in [0.3, 0.4) is 0 Å². The van der Waals surface area contributed by atoms with Gasteiger partial charge < -0.3 is 5.73 Å². The van der Waals surface area contributed by atoms with Crippen LogP contribution in [0.2, 0.25) is 0 Å². The molecule has 0 aromatic carbocycles. The summed E-state index contributed by atoms with van der Waals surface area (Å²) < 4.78 is 0. The van der Waals surface area contributed by atoms with Crippen molar-refractivity contribution in [2.75, 3.05) is 0 Å². The van der Waals surface area contributed by atoms with Crippen LogP contribution in [0.25, 0.3) is 0 Å². The number of aromatic nitrogens is 1. The van der Waals surface area contributed by atoms with Gasteiger partial charge in [0.1, 0.15) is 0 Å². The van der Waals surface area contributed by atoms with E-state index in [1.54, 1.807) is 11.3 Å². The van der Waals surface area contributed by atoms with Crippen molar-refractivity contribution in [3.63, 3.8) is 0 Å². The largest absolute Gasteiger partial charge is 0.387 e. The topological polar surface area (TPSA) is 51.3 Å². The third kappa shape index (κ3) is 2.28. The number of aryl methyl sites for hydroxylation is 1. The summed E-state index contributed by atoms with van der Waals surface area (Å²) in [4.78, 5) is 9.69. The SMILES string of the molecule is Cc1ncc(CN=C(N)C2CC2)s1. The fourth-order valence-corrected chi connectivity index (χ4v) is 1.88. The second-order valence-corrected chi connectivity index (χ2v) is 4.68. The summed E-state index contributed by atoms with van der Waals surface area (Å²) in [7, 11) is 0. The zero-order valence-corrected chi connectivity index (χ0v) is 8.47. The Balaban J connectivity index is 1.94. The van der Waals surface area contributed by atoms with Gasteiger partial charge in [0.2, 0.25) is 0 Å². The molecule has 0 saturated heterocycles. The van der Waals surface area contributed by atoms with Crippen molar-refractivity contribution >= 4 is 17.2 Å². The highest BCUT2D eigenvalue weighted by Crippen LogP contribution is 2.29. The summed E-state index contributed by atoms with van der Waals surface area (Å²) in [5.41, 5.74) is 5.77. The molecule has 0 unspecified atom stereocenters. The molecule has 2 rings (SSSR count). The van der Waals surface area contributed by atoms with Crippen molar-refractivity contribution in [1.82, 2.24) is 4.98 Å². The first-order valence-electron chi connectivity index (χ1n) is 4.47. The molecule has 0 radical (unpaired) electrons. The Kier molecular flexibility index (Phi) is 2.31. The molecule has 1 heterocycles. The van der Waals surface area contributed by atoms with Gasteiger partial charge in [0.05, 0.1) is 17.4 Å². The number of rotatable bonds is 3. The van der Waals surface area contributed by atoms with E-state index in [0.717, 1.165) is 10.8 Å². The number of amidine groups is 1. The number of hydrogen-bond donors (Lipinski definition) is 1. The highest BCUT2D eigenvalue weighted by Gasteiger charge is 2.25. The molecule has 1 saturated carbocycles. The number of nitrogens with two attached hydrogens (primary N) is 1. The Morgan fingerprint density at radius 3 is 3.08 bits per heavy atom. The maximum atomic E-state index is 5.77. The van der Waals surface area contributed by atoms with Crippen molar-refractivity contribution in [3.05, 3.63) is 16.1 Å². The fourth-order valence-electron chi connectivity index (χ4n) is 1.16. The Morgan fingerprint density at radius 1 is 1.77 bits per heavy atom. The van der Waals surface area contributed by atoms with Crippen molar-refractivity contribution in [2.45, 2.75) is 26.3 Å². The molecule has 70 valence electrons. The number of aliphatic imine (C=N–C) groups is 1. The minimum Gasteiger partial charge on any atom is -0.387 e. The van der Waals surface area contributed by atoms with Crippen LogP contribution in [0.1, 0.15) is 22.7 Å². The van der Waals surface area contributed by atoms with Gasteiger partial charge in [-0.3, -0.25) is 4.99 Å². The fraction of sp³-hybridized carbons (Fsp3) is 0.556. The van der Waals surface area contributed by atoms with Crippen LogP contribution in [0.4, 0.5) is 0 Å². The van der Waals surface area contributed by atoms with Gasteiger partial charge >= 0.3 is 0 Å². The highest BCUT2D eigenvalue weighted by atomic mass is 32.1. The highest BCUT2D eigenvalue weighted by molar-refractivity contribution is 7.11. The van der Waals surface area contributed by atoms with E-state index in [1.165, 1.54) is 17.7 Å². The number of nitrogens with zero attached hydrogens (tertiary/aromatic N) is 2. The Labute approximate surface area is 81.7 Å². The van der Waals surface area contributed by atoms with Crippen LogP contribution in [-0.4, -0.2) is 10.8 Å². The Hall–Kier alpha value is -0.900. The van der Waals surface area contributed by atoms with E-state index in [-0.39, 0.29) is 0 Å². The first kappa shape index (κ1) is 8.69. The second-order valence-electron chi connectivity index (χ2n) is 3.36. The molecule has 1 aromatic heterocycles. The molecule has 0 spiro atoms. The van der Waals surface area contributed by atoms with Gasteiger partial charge in [-0.25, -0.2) is 4.98 Å². The van der Waals surface area contributed by atoms with Gasteiger partial charge in [-0.1, -0.05) is 0 Å². The predicted octanol–water partition coefficient (Wildman–Crippen LogP) is 1.72. The summed E-state index contributed by atoms with van der Waals surface area (Å²) in [5, 5.41) is 1.09. The van der Waals surface area contributed by atoms with Crippen LogP contribution in [-0.2, 0) is 6.54 Å². The lowest BCUT2D eigenvalue weighted by Crippen LogP contribution is -2.13. The van der Waals surface area contributed by atoms with Gasteiger partial charge in [0.15, 0.2) is 0 Å². The van der Waals surface area contributed by atoms with E-state index in [2.05, 4.69) is 9.98 Å². The third-order valence-electron chi connectivity index (χ3n) is 2.08. The molecule has 0 aliphatic heterocycles. The van der Waals surface area contributed by atoms with E-state index >= 15 is 0 Å². The first-order valence-corrected chi connectivity index (χ1v) is 5.28. The minimum atomic E-state index is 0.578. The van der Waals surface area contributed by atoms with Crippen molar-refractivity contribution < 1.29 is 0 Å². The first-order chi connectivity index (χ1) is 6.25. The normalized spacial score (nSPS) is 17.8. The van der Waals surface area contributed by atoms with Crippen molar-refractivity contribution in [3.8, 4) is 0 Å². The van der Waals surface area contributed by atoms with E-state index in [1.807, 2.05) is 13.1 Å². The smallest absolute Gasteiger partial charge is 0.0972 e. The molecular formula is C9H13N3S. The summed E-state index contributed by atoms with van der Waals surface area (Å²) in [6, 6.07) is 0. The quantitative estimate of drug-likeness (QED) is 0.589. The van der Waals surface area contributed by atoms with E-state index in [0.29, 0.717) is 12.5 Å². The zero-order chi connectivity index (χ0) is 9.26. The van der Waals surface area contributed by atoms with Crippen LogP contribution in [0.5, 0.6) is 0 Å². The van der Waals surface area contributed by atoms with Crippen LogP contribution < -0.4 is 5.73 Å². The zero-order valence-electron chi connectivity index (χ0n) is 7.66. The molecule has 0 bridgehead atoms. The molecule has 0 amide bonds. The summed E-state index contributed by atoms with van der Waals surface area (Å²) >= 11 is 1.69. The summed E-state index contributed by atoms with van der Waals surface area (Å²) in [6.45, 7) is 2.70. The van der Waals surface area contributed by atoms with Gasteiger partial charge in [-0.15, -0.1) is 11.3 Å². The molecular weight excluding hydrogens is 182 g/mol. The number of hydrogen-bond acceptors (Lipinski definition) is 3. The lowest BCUT2D eigenvalue weighted by atomic mass is 10.4. The molecule has 1 aromatic rings. The lowest BCUT2D eigenvalue weighted by molar-refractivity contribution is 1.03. The van der Waals surface area contributed by atoms with E-state index < -0.39 is 0 Å². The Morgan fingerprint density at radius 2 is 2.54 bits per heavy atom. The van der Waals surface area contributed by atoms with E-state index in [9.17, 15) is 0 Å². The second kappa shape index (κ2) is 3.46. The van der Waals surface area contributed by atoms with Crippen molar-refractivity contribution in [1.29, 1.82) is 0 Å². The van der Waals surface area contributed by atoms with E-state index in [4.69, 9.17) is 5.73 Å². The molecule has 1 fully saturated rings. The van der Waals surface area contributed by atoms with Gasteiger partial charge in [0, 0.05) is 17.0 Å². The van der Waals surface area contributed by atoms with Crippen LogP contribution in [0.15, 0.2) is 11.2 Å². The standard InChI is InChI=1S/C9H13N3S/c1-6-11-4-8(13-6)5-12-9(10)7-2-3-7/h4,7H,2-3,5H2,1H3,(H2,10,12). The molecule has 1 aliphatic carbocycles. The van der Waals surface area contributed by atoms with Gasteiger partial charge in [-0.2, -0.15) is 0 Å². The summed E-state index contributed by atoms with van der Waals surface area (Å²) in [5.74, 6) is 1.40. The molecule has 13 heavy (non-hydrogen) atoms. The summed E-state index contributed by atoms with van der Waals surface area (Å²) in [6.07, 6.45) is 4.32. The van der Waals surface area contributed by atoms with Crippen LogP contribution in [0, 0.1) is 12.8 Å². The van der Waals surface area contributed by atoms with Crippen LogP contribution >= 0.6 is 11.3 Å². The molecule has 3 nitrogen and oxygen atoms in total. The van der Waals surface area contributed by atoms with Crippen molar-refractivity contribution in [2.24, 2.45) is 16.6 Å². The monoisotopic (exact) mass is 195 g/mol.